The molecule has 244 valence electrons. The molecule has 8 rings (SSSR count). The highest BCUT2D eigenvalue weighted by Crippen LogP contribution is 2.44. The average Bonchev–Trinajstić information content (AvgIpc) is 3.78. The van der Waals surface area contributed by atoms with E-state index in [0.717, 1.165) is 38.6 Å². The summed E-state index contributed by atoms with van der Waals surface area (Å²) < 4.78 is 64.9. The number of phenols is 1. The van der Waals surface area contributed by atoms with Crippen molar-refractivity contribution in [3.8, 4) is 41.2 Å². The number of pyridine rings is 1. The maximum absolute atomic E-state index is 17.1. The minimum atomic E-state index is -0.938. The number of hydrogen-bond donors (Lipinski definition) is 1. The van der Waals surface area contributed by atoms with E-state index in [1.807, 2.05) is 4.90 Å². The van der Waals surface area contributed by atoms with Crippen LogP contribution in [0.2, 0.25) is 0 Å². The van der Waals surface area contributed by atoms with Crippen LogP contribution in [0.1, 0.15) is 44.1 Å². The zero-order valence-electron chi connectivity index (χ0n) is 25.8. The number of aromatic hydroxyl groups is 1. The fraction of sp³-hybridized carbons (Fsp3) is 0.457. The van der Waals surface area contributed by atoms with Crippen molar-refractivity contribution in [1.82, 2.24) is 19.9 Å². The first-order valence-corrected chi connectivity index (χ1v) is 16.2. The van der Waals surface area contributed by atoms with E-state index in [1.54, 1.807) is 0 Å². The van der Waals surface area contributed by atoms with Gasteiger partial charge in [0, 0.05) is 43.6 Å². The number of anilines is 1. The molecule has 0 bridgehead atoms. The van der Waals surface area contributed by atoms with Crippen molar-refractivity contribution in [2.75, 3.05) is 50.9 Å². The molecule has 5 heterocycles. The molecular weight excluding hydrogens is 611 g/mol. The summed E-state index contributed by atoms with van der Waals surface area (Å²) in [7, 11) is 0. The van der Waals surface area contributed by atoms with E-state index in [-0.39, 0.29) is 63.5 Å². The average molecular weight is 646 g/mol. The Balaban J connectivity index is 1.34. The van der Waals surface area contributed by atoms with E-state index >= 15 is 4.39 Å². The molecule has 47 heavy (non-hydrogen) atoms. The van der Waals surface area contributed by atoms with Gasteiger partial charge in [-0.05, 0) is 62.2 Å². The van der Waals surface area contributed by atoms with Crippen LogP contribution in [0, 0.1) is 24.0 Å². The summed E-state index contributed by atoms with van der Waals surface area (Å²) in [5.41, 5.74) is -0.751. The van der Waals surface area contributed by atoms with Crippen LogP contribution in [0.15, 0.2) is 24.3 Å². The molecule has 4 fully saturated rings. The molecule has 1 saturated carbocycles. The Morgan fingerprint density at radius 2 is 1.94 bits per heavy atom. The molecule has 12 heteroatoms. The number of halogens is 3. The van der Waals surface area contributed by atoms with Crippen molar-refractivity contribution in [1.29, 1.82) is 0 Å². The number of hydrogen-bond acceptors (Lipinski definition) is 9. The third-order valence-corrected chi connectivity index (χ3v) is 9.72. The zero-order valence-corrected chi connectivity index (χ0v) is 25.8. The van der Waals surface area contributed by atoms with Crippen LogP contribution in [0.25, 0.3) is 32.9 Å². The van der Waals surface area contributed by atoms with Gasteiger partial charge in [-0.3, -0.25) is 4.90 Å². The van der Waals surface area contributed by atoms with Crippen LogP contribution in [0.4, 0.5) is 19.0 Å². The van der Waals surface area contributed by atoms with Crippen LogP contribution < -0.4 is 14.4 Å². The Hall–Kier alpha value is -4.34. The van der Waals surface area contributed by atoms with Crippen LogP contribution >= 0.6 is 0 Å². The highest BCUT2D eigenvalue weighted by Gasteiger charge is 2.49. The largest absolute Gasteiger partial charge is 0.508 e. The maximum Gasteiger partial charge on any atom is 0.319 e. The monoisotopic (exact) mass is 645 g/mol. The Morgan fingerprint density at radius 1 is 1.06 bits per heavy atom. The molecule has 3 saturated heterocycles. The molecule has 1 N–H and O–H groups in total. The molecule has 3 aliphatic heterocycles. The van der Waals surface area contributed by atoms with Gasteiger partial charge in [0.25, 0.3) is 0 Å². The van der Waals surface area contributed by atoms with E-state index in [0.29, 0.717) is 50.5 Å². The van der Waals surface area contributed by atoms with Gasteiger partial charge in [-0.25, -0.2) is 18.2 Å². The van der Waals surface area contributed by atoms with Crippen LogP contribution in [-0.4, -0.2) is 88.8 Å². The molecule has 9 nitrogen and oxygen atoms in total. The first-order valence-electron chi connectivity index (χ1n) is 16.2. The van der Waals surface area contributed by atoms with Gasteiger partial charge in [0.2, 0.25) is 5.88 Å². The first-order chi connectivity index (χ1) is 22.8. The van der Waals surface area contributed by atoms with E-state index in [9.17, 15) is 13.9 Å². The highest BCUT2D eigenvalue weighted by atomic mass is 19.1. The molecule has 0 radical (unpaired) electrons. The van der Waals surface area contributed by atoms with Gasteiger partial charge < -0.3 is 24.2 Å². The van der Waals surface area contributed by atoms with Gasteiger partial charge in [0.1, 0.15) is 52.9 Å². The summed E-state index contributed by atoms with van der Waals surface area (Å²) in [4.78, 5) is 18.2. The Morgan fingerprint density at radius 3 is 2.77 bits per heavy atom. The number of aromatic nitrogens is 3. The normalized spacial score (nSPS) is 23.2. The summed E-state index contributed by atoms with van der Waals surface area (Å²) in [6, 6.07) is 5.38. The molecular formula is C35H34F3N5O4. The summed E-state index contributed by atoms with van der Waals surface area (Å²) in [6.45, 7) is 3.42. The lowest BCUT2D eigenvalue weighted by atomic mass is 9.95. The smallest absolute Gasteiger partial charge is 0.319 e. The number of nitrogens with zero attached hydrogens (tertiary/aromatic N) is 5. The Labute approximate surface area is 269 Å². The van der Waals surface area contributed by atoms with Crippen LogP contribution in [-0.2, 0) is 4.74 Å². The van der Waals surface area contributed by atoms with E-state index in [2.05, 4.69) is 20.8 Å². The Kier molecular flexibility index (Phi) is 7.49. The number of ether oxygens (including phenoxy) is 3. The second kappa shape index (κ2) is 11.7. The predicted octanol–water partition coefficient (Wildman–Crippen LogP) is 5.53. The van der Waals surface area contributed by atoms with Gasteiger partial charge in [-0.1, -0.05) is 12.0 Å². The molecule has 1 aliphatic carbocycles. The van der Waals surface area contributed by atoms with Crippen LogP contribution in [0.3, 0.4) is 0 Å². The number of rotatable bonds is 7. The van der Waals surface area contributed by atoms with E-state index < -0.39 is 23.3 Å². The summed E-state index contributed by atoms with van der Waals surface area (Å²) in [5, 5.41) is 11.6. The molecule has 2 aromatic carbocycles. The SMILES string of the molecule is C#Cc1c(F)ccc2cc(O)cc(-c3nc(OC4CC4)c4c(N5CCCOCC5)nc(OC[C@@]56CCCN5C[C@H](F)C6)nc4c3F)c12. The molecule has 2 atom stereocenters. The third-order valence-electron chi connectivity index (χ3n) is 9.72. The second-order valence-corrected chi connectivity index (χ2v) is 12.9. The minimum Gasteiger partial charge on any atom is -0.508 e. The summed E-state index contributed by atoms with van der Waals surface area (Å²) in [5.74, 6) is 1.24. The molecule has 0 spiro atoms. The maximum atomic E-state index is 17.1. The summed E-state index contributed by atoms with van der Waals surface area (Å²) >= 11 is 0. The topological polar surface area (TPSA) is 93.1 Å². The van der Waals surface area contributed by atoms with E-state index in [4.69, 9.17) is 25.6 Å². The number of phenolic OH excluding ortho intramolecular Hbond substituents is 1. The van der Waals surface area contributed by atoms with Crippen molar-refractivity contribution in [2.45, 2.75) is 56.3 Å². The van der Waals surface area contributed by atoms with Gasteiger partial charge in [0.15, 0.2) is 5.82 Å². The number of fused-ring (bicyclic) bond motifs is 3. The lowest BCUT2D eigenvalue weighted by Gasteiger charge is -2.31. The van der Waals surface area contributed by atoms with Gasteiger partial charge in [-0.2, -0.15) is 9.97 Å². The fourth-order valence-electron chi connectivity index (χ4n) is 7.36. The van der Waals surface area contributed by atoms with Crippen molar-refractivity contribution in [3.63, 3.8) is 0 Å². The standard InChI is InChI=1S/C35H34F3N5O4/c1-2-24-26(37)8-5-20-15-22(44)16-25(27(20)24)30-29(38)31-28(33(39-30)47-23-6-7-23)32(42-10-4-13-45-14-12-42)41-34(40-31)46-19-35-9-3-11-43(35)18-21(36)17-35/h1,5,8,15-16,21,23,44H,3-4,6-7,9-14,17-19H2/t21-,35+/m1/s1. The van der Waals surface area contributed by atoms with E-state index in [1.165, 1.54) is 24.3 Å². The first kappa shape index (κ1) is 30.0. The third kappa shape index (κ3) is 5.35. The molecule has 2 aromatic heterocycles. The lowest BCUT2D eigenvalue weighted by molar-refractivity contribution is 0.107. The predicted molar refractivity (Wildman–Crippen MR) is 170 cm³/mol. The quantitative estimate of drug-likeness (QED) is 0.261. The van der Waals surface area contributed by atoms with Gasteiger partial charge >= 0.3 is 6.01 Å². The van der Waals surface area contributed by atoms with Crippen molar-refractivity contribution in [2.24, 2.45) is 0 Å². The molecule has 0 amide bonds. The van der Waals surface area contributed by atoms with Crippen molar-refractivity contribution < 1.29 is 32.5 Å². The second-order valence-electron chi connectivity index (χ2n) is 12.9. The number of terminal acetylenes is 1. The highest BCUT2D eigenvalue weighted by molar-refractivity contribution is 6.04. The molecule has 4 aliphatic rings. The van der Waals surface area contributed by atoms with Gasteiger partial charge in [-0.15, -0.1) is 6.42 Å². The minimum absolute atomic E-state index is 0.0502. The Bertz CT molecular complexity index is 1920. The fourth-order valence-corrected chi connectivity index (χ4v) is 7.36. The zero-order chi connectivity index (χ0) is 32.3. The summed E-state index contributed by atoms with van der Waals surface area (Å²) in [6.07, 6.45) is 9.09. The number of benzene rings is 2. The van der Waals surface area contributed by atoms with Crippen molar-refractivity contribution in [3.05, 3.63) is 41.5 Å². The van der Waals surface area contributed by atoms with Crippen LogP contribution in [0.5, 0.6) is 17.6 Å². The van der Waals surface area contributed by atoms with Gasteiger partial charge in [0.05, 0.1) is 17.7 Å². The lowest BCUT2D eigenvalue weighted by Crippen LogP contribution is -2.43. The molecule has 4 aromatic rings. The molecule has 0 unspecified atom stereocenters. The van der Waals surface area contributed by atoms with Crippen molar-refractivity contribution >= 4 is 27.5 Å². The number of alkyl halides is 1.